The van der Waals surface area contributed by atoms with E-state index in [9.17, 15) is 56.0 Å². The summed E-state index contributed by atoms with van der Waals surface area (Å²) in [5.41, 5.74) is 0.276. The molecule has 0 spiro atoms. The monoisotopic (exact) mass is 924 g/mol. The third-order valence-electron chi connectivity index (χ3n) is 10.0. The van der Waals surface area contributed by atoms with Gasteiger partial charge in [0.25, 0.3) is 32.1 Å². The zero-order valence-corrected chi connectivity index (χ0v) is 35.2. The van der Waals surface area contributed by atoms with E-state index in [1.807, 2.05) is 0 Å². The molecular weight excluding hydrogens is 893 g/mol. The van der Waals surface area contributed by atoms with E-state index < -0.39 is 76.2 Å². The van der Waals surface area contributed by atoms with Crippen LogP contribution in [0.15, 0.2) is 176 Å². The third kappa shape index (κ3) is 9.23. The molecule has 0 saturated heterocycles. The predicted octanol–water partition coefficient (Wildman–Crippen LogP) is 10.3. The number of anilines is 2. The van der Waals surface area contributed by atoms with Crippen molar-refractivity contribution in [2.75, 3.05) is 10.6 Å². The highest BCUT2D eigenvalue weighted by atomic mass is 32.2. The number of hydrogen-bond acceptors (Lipinski definition) is 14. The quantitative estimate of drug-likeness (QED) is 0.0444. The zero-order chi connectivity index (χ0) is 46.9. The Balaban J connectivity index is 1.03. The third-order valence-corrected chi connectivity index (χ3v) is 11.8. The molecule has 0 radical (unpaired) electrons. The molecule has 0 heterocycles. The average molecular weight is 925 g/mol. The van der Waals surface area contributed by atoms with Crippen LogP contribution < -0.4 is 10.6 Å². The average Bonchev–Trinajstić information content (AvgIpc) is 3.28. The number of phenols is 4. The second-order valence-electron chi connectivity index (χ2n) is 14.4. The second-order valence-corrected chi connectivity index (χ2v) is 17.2. The Hall–Kier alpha value is -8.56. The van der Waals surface area contributed by atoms with E-state index in [0.29, 0.717) is 22.3 Å². The minimum atomic E-state index is -5.01. The lowest BCUT2D eigenvalue weighted by Crippen LogP contribution is -2.11. The summed E-state index contributed by atoms with van der Waals surface area (Å²) in [6, 6.07) is 35.3. The SMILES string of the molecule is O=C(Nc1ccc2c(O)c(N=Nc3ccc(-c4ccc(N=Nc5c(S(=O)(=O)O)cc6cc(NC(=O)c7ccccc7)ccc6c5O)c(O)c4)cc3O)c(S(=O)(=O)O)cc2c1)c1ccccc1. The first-order valence-electron chi connectivity index (χ1n) is 19.2. The van der Waals surface area contributed by atoms with Crippen molar-refractivity contribution in [1.29, 1.82) is 0 Å². The first-order valence-corrected chi connectivity index (χ1v) is 22.1. The van der Waals surface area contributed by atoms with E-state index in [4.69, 9.17) is 0 Å². The molecule has 18 nitrogen and oxygen atoms in total. The van der Waals surface area contributed by atoms with Crippen molar-refractivity contribution in [3.05, 3.63) is 157 Å². The van der Waals surface area contributed by atoms with Gasteiger partial charge in [0.2, 0.25) is 0 Å². The molecule has 0 aromatic heterocycles. The number of aromatic hydroxyl groups is 4. The summed E-state index contributed by atoms with van der Waals surface area (Å²) in [7, 11) is -10.0. The molecule has 2 amide bonds. The van der Waals surface area contributed by atoms with Crippen LogP contribution in [0.3, 0.4) is 0 Å². The molecule has 0 bridgehead atoms. The number of carbonyl (C=O) groups excluding carboxylic acids is 2. The molecule has 0 aliphatic heterocycles. The molecular formula is C46H32N6O12S2. The van der Waals surface area contributed by atoms with Gasteiger partial charge in [0.1, 0.15) is 44.0 Å². The number of carbonyl (C=O) groups is 2. The lowest BCUT2D eigenvalue weighted by Gasteiger charge is -2.11. The molecule has 0 aliphatic rings. The van der Waals surface area contributed by atoms with Crippen molar-refractivity contribution in [2.24, 2.45) is 20.5 Å². The van der Waals surface area contributed by atoms with Gasteiger partial charge < -0.3 is 31.1 Å². The Morgan fingerprint density at radius 2 is 0.818 bits per heavy atom. The molecule has 8 N–H and O–H groups in total. The number of nitrogens with one attached hydrogen (secondary N) is 2. The smallest absolute Gasteiger partial charge is 0.296 e. The van der Waals surface area contributed by atoms with Crippen molar-refractivity contribution in [1.82, 2.24) is 0 Å². The number of hydrogen-bond donors (Lipinski definition) is 8. The molecule has 66 heavy (non-hydrogen) atoms. The van der Waals surface area contributed by atoms with Crippen molar-refractivity contribution in [3.8, 4) is 34.1 Å². The topological polar surface area (TPSA) is 297 Å². The number of nitrogens with zero attached hydrogens (tertiary/aromatic N) is 4. The zero-order valence-electron chi connectivity index (χ0n) is 33.6. The maximum absolute atomic E-state index is 12.7. The number of rotatable bonds is 11. The predicted molar refractivity (Wildman–Crippen MR) is 243 cm³/mol. The first kappa shape index (κ1) is 44.1. The van der Waals surface area contributed by atoms with Crippen LogP contribution in [0.25, 0.3) is 32.7 Å². The molecule has 8 rings (SSSR count). The van der Waals surface area contributed by atoms with E-state index >= 15 is 0 Å². The highest BCUT2D eigenvalue weighted by molar-refractivity contribution is 7.86. The van der Waals surface area contributed by atoms with Gasteiger partial charge in [-0.25, -0.2) is 0 Å². The summed E-state index contributed by atoms with van der Waals surface area (Å²) in [4.78, 5) is 23.7. The van der Waals surface area contributed by atoms with Gasteiger partial charge in [-0.05, 0) is 119 Å². The molecule has 0 saturated carbocycles. The van der Waals surface area contributed by atoms with Gasteiger partial charge in [0.15, 0.2) is 11.5 Å². The minimum absolute atomic E-state index is 0.102. The van der Waals surface area contributed by atoms with Gasteiger partial charge in [-0.2, -0.15) is 16.8 Å². The standard InChI is InChI=1S/C46H32N6O12S2/c53-37-21-27(11-17-35(37)49-51-41-39(65(59,60)61)23-29-19-31(13-15-33(29)43(41)55)47-45(57)25-7-3-1-4-8-25)28-12-18-36(38(54)22-28)50-52-42-40(66(62,63)64)24-30-20-32(14-16-34(30)44(42)56)48-46(58)26-9-5-2-6-10-26/h1-24,53-56H,(H,47,57)(H,48,58)(H,59,60,61)(H,62,63,64). The summed E-state index contributed by atoms with van der Waals surface area (Å²) < 4.78 is 70.0. The van der Waals surface area contributed by atoms with Crippen LogP contribution in [0.2, 0.25) is 0 Å². The normalized spacial score (nSPS) is 12.0. The van der Waals surface area contributed by atoms with E-state index in [1.54, 1.807) is 60.7 Å². The van der Waals surface area contributed by atoms with E-state index in [1.165, 1.54) is 72.8 Å². The lowest BCUT2D eigenvalue weighted by atomic mass is 10.0. The van der Waals surface area contributed by atoms with Crippen LogP contribution in [-0.2, 0) is 20.2 Å². The lowest BCUT2D eigenvalue weighted by molar-refractivity contribution is 0.101. The number of benzene rings is 8. The number of fused-ring (bicyclic) bond motifs is 2. The van der Waals surface area contributed by atoms with Gasteiger partial charge in [-0.1, -0.05) is 48.5 Å². The molecule has 330 valence electrons. The van der Waals surface area contributed by atoms with E-state index in [0.717, 1.165) is 12.1 Å². The summed E-state index contributed by atoms with van der Waals surface area (Å²) in [6.45, 7) is 0. The number of amides is 2. The van der Waals surface area contributed by atoms with Crippen molar-refractivity contribution in [3.63, 3.8) is 0 Å². The Labute approximate surface area is 374 Å². The van der Waals surface area contributed by atoms with Crippen molar-refractivity contribution in [2.45, 2.75) is 9.79 Å². The van der Waals surface area contributed by atoms with Crippen LogP contribution in [-0.4, -0.2) is 58.2 Å². The van der Waals surface area contributed by atoms with Gasteiger partial charge >= 0.3 is 0 Å². The van der Waals surface area contributed by atoms with Crippen LogP contribution in [0, 0.1) is 0 Å². The summed E-state index contributed by atoms with van der Waals surface area (Å²) in [5, 5.41) is 65.4. The Morgan fingerprint density at radius 1 is 0.439 bits per heavy atom. The Kier molecular flexibility index (Phi) is 11.7. The number of azo groups is 2. The fourth-order valence-electron chi connectivity index (χ4n) is 6.81. The summed E-state index contributed by atoms with van der Waals surface area (Å²) in [6.07, 6.45) is 0. The van der Waals surface area contributed by atoms with Gasteiger partial charge in [0.05, 0.1) is 0 Å². The minimum Gasteiger partial charge on any atom is -0.506 e. The Bertz CT molecular complexity index is 3340. The van der Waals surface area contributed by atoms with E-state index in [-0.39, 0.29) is 44.3 Å². The van der Waals surface area contributed by atoms with Crippen LogP contribution >= 0.6 is 0 Å². The van der Waals surface area contributed by atoms with E-state index in [2.05, 4.69) is 31.1 Å². The molecule has 20 heteroatoms. The number of phenolic OH excluding ortho intramolecular Hbond substituents is 4. The van der Waals surface area contributed by atoms with Gasteiger partial charge in [-0.15, -0.1) is 20.5 Å². The molecule has 0 atom stereocenters. The Morgan fingerprint density at radius 3 is 1.17 bits per heavy atom. The molecule has 8 aromatic rings. The molecule has 0 aliphatic carbocycles. The first-order chi connectivity index (χ1) is 31.4. The van der Waals surface area contributed by atoms with Crippen molar-refractivity contribution < 1.29 is 56.0 Å². The summed E-state index contributed by atoms with van der Waals surface area (Å²) >= 11 is 0. The van der Waals surface area contributed by atoms with Crippen LogP contribution in [0.1, 0.15) is 20.7 Å². The second kappa shape index (κ2) is 17.5. The molecule has 0 fully saturated rings. The maximum Gasteiger partial charge on any atom is 0.296 e. The fraction of sp³-hybridized carbons (Fsp3) is 0. The summed E-state index contributed by atoms with van der Waals surface area (Å²) in [5.74, 6) is -3.16. The maximum atomic E-state index is 12.7. The van der Waals surface area contributed by atoms with Gasteiger partial charge in [0, 0.05) is 33.3 Å². The van der Waals surface area contributed by atoms with Gasteiger partial charge in [-0.3, -0.25) is 18.7 Å². The van der Waals surface area contributed by atoms with Crippen LogP contribution in [0.5, 0.6) is 23.0 Å². The molecule has 0 unspecified atom stereocenters. The highest BCUT2D eigenvalue weighted by Crippen LogP contribution is 2.45. The molecule has 8 aromatic carbocycles. The van der Waals surface area contributed by atoms with Crippen molar-refractivity contribution >= 4 is 87.7 Å². The highest BCUT2D eigenvalue weighted by Gasteiger charge is 2.24. The fourth-order valence-corrected chi connectivity index (χ4v) is 8.13. The van der Waals surface area contributed by atoms with Crippen LogP contribution in [0.4, 0.5) is 34.1 Å². The largest absolute Gasteiger partial charge is 0.506 e.